The second-order valence-electron chi connectivity index (χ2n) is 5.07. The Kier molecular flexibility index (Phi) is 8.17. The summed E-state index contributed by atoms with van der Waals surface area (Å²) in [5, 5.41) is 18.4. The van der Waals surface area contributed by atoms with Gasteiger partial charge < -0.3 is 10.2 Å². The van der Waals surface area contributed by atoms with E-state index >= 15 is 0 Å². The summed E-state index contributed by atoms with van der Waals surface area (Å²) in [7, 11) is 0. The number of hydrogen-bond donors (Lipinski definition) is 2. The van der Waals surface area contributed by atoms with E-state index in [1.54, 1.807) is 0 Å². The molecule has 0 saturated heterocycles. The van der Waals surface area contributed by atoms with Crippen LogP contribution in [0.1, 0.15) is 47.0 Å². The first-order valence-electron chi connectivity index (χ1n) is 6.54. The van der Waals surface area contributed by atoms with Gasteiger partial charge in [-0.1, -0.05) is 27.7 Å². The molecule has 17 heavy (non-hydrogen) atoms. The normalized spacial score (nSPS) is 13.6. The van der Waals surface area contributed by atoms with Crippen molar-refractivity contribution in [3.63, 3.8) is 0 Å². The summed E-state index contributed by atoms with van der Waals surface area (Å²) in [6.07, 6.45) is 1.12. The smallest absolute Gasteiger partial charge is 0.306 e. The summed E-state index contributed by atoms with van der Waals surface area (Å²) >= 11 is 0. The highest BCUT2D eigenvalue weighted by atomic mass is 16.4. The number of nitrogens with zero attached hydrogens (tertiary/aromatic N) is 1. The number of rotatable bonds is 9. The van der Waals surface area contributed by atoms with Crippen molar-refractivity contribution < 1.29 is 15.0 Å². The van der Waals surface area contributed by atoms with Crippen LogP contribution in [0.2, 0.25) is 0 Å². The number of aliphatic hydroxyl groups is 1. The fraction of sp³-hybridized carbons (Fsp3) is 0.923. The monoisotopic (exact) mass is 245 g/mol. The molecular weight excluding hydrogens is 218 g/mol. The highest BCUT2D eigenvalue weighted by Gasteiger charge is 2.20. The number of aliphatic carboxylic acids is 1. The molecule has 4 heteroatoms. The molecule has 0 bridgehead atoms. The minimum absolute atomic E-state index is 0.172. The molecule has 0 saturated carbocycles. The van der Waals surface area contributed by atoms with Crippen LogP contribution in [-0.2, 0) is 4.79 Å². The Morgan fingerprint density at radius 3 is 2.06 bits per heavy atom. The summed E-state index contributed by atoms with van der Waals surface area (Å²) in [5.74, 6) is -0.417. The minimum Gasteiger partial charge on any atom is -0.481 e. The average Bonchev–Trinajstić information content (AvgIpc) is 2.16. The van der Waals surface area contributed by atoms with Gasteiger partial charge in [0.25, 0.3) is 0 Å². The number of hydrogen-bond acceptors (Lipinski definition) is 3. The fourth-order valence-electron chi connectivity index (χ4n) is 2.18. The number of aliphatic hydroxyl groups excluding tert-OH is 1. The molecule has 1 atom stereocenters. The van der Waals surface area contributed by atoms with Crippen molar-refractivity contribution >= 4 is 5.97 Å². The van der Waals surface area contributed by atoms with Crippen LogP contribution in [0.5, 0.6) is 0 Å². The van der Waals surface area contributed by atoms with Gasteiger partial charge >= 0.3 is 5.97 Å². The van der Waals surface area contributed by atoms with Crippen molar-refractivity contribution in [2.75, 3.05) is 13.1 Å². The fourth-order valence-corrected chi connectivity index (χ4v) is 2.18. The molecule has 2 N–H and O–H groups in total. The van der Waals surface area contributed by atoms with Crippen molar-refractivity contribution in [1.29, 1.82) is 0 Å². The van der Waals surface area contributed by atoms with Gasteiger partial charge in [-0.2, -0.15) is 0 Å². The highest BCUT2D eigenvalue weighted by molar-refractivity contribution is 5.67. The molecule has 0 fully saturated rings. The Bertz CT molecular complexity index is 215. The molecule has 102 valence electrons. The second-order valence-corrected chi connectivity index (χ2v) is 5.07. The lowest BCUT2D eigenvalue weighted by atomic mass is 10.1. The molecule has 0 aliphatic heterocycles. The Morgan fingerprint density at radius 2 is 1.71 bits per heavy atom. The highest BCUT2D eigenvalue weighted by Crippen LogP contribution is 2.12. The molecule has 0 aromatic carbocycles. The molecule has 0 amide bonds. The van der Waals surface area contributed by atoms with E-state index in [4.69, 9.17) is 5.11 Å². The zero-order valence-corrected chi connectivity index (χ0v) is 11.5. The third kappa shape index (κ3) is 7.34. The van der Waals surface area contributed by atoms with E-state index in [0.717, 1.165) is 19.4 Å². The van der Waals surface area contributed by atoms with Crippen molar-refractivity contribution in [3.8, 4) is 0 Å². The maximum Gasteiger partial charge on any atom is 0.306 e. The third-order valence-corrected chi connectivity index (χ3v) is 2.91. The molecular formula is C13H27NO3. The van der Waals surface area contributed by atoms with Crippen LogP contribution in [0.3, 0.4) is 0 Å². The predicted octanol–water partition coefficient (Wildman–Crippen LogP) is 1.97. The van der Waals surface area contributed by atoms with Crippen LogP contribution in [0.4, 0.5) is 0 Å². The summed E-state index contributed by atoms with van der Waals surface area (Å²) < 4.78 is 0. The van der Waals surface area contributed by atoms with Crippen LogP contribution < -0.4 is 0 Å². The first kappa shape index (κ1) is 16.4. The van der Waals surface area contributed by atoms with E-state index in [1.165, 1.54) is 0 Å². The van der Waals surface area contributed by atoms with Crippen LogP contribution in [0.25, 0.3) is 0 Å². The van der Waals surface area contributed by atoms with E-state index in [-0.39, 0.29) is 6.42 Å². The lowest BCUT2D eigenvalue weighted by Crippen LogP contribution is -2.42. The molecule has 1 unspecified atom stereocenters. The van der Waals surface area contributed by atoms with E-state index in [9.17, 15) is 9.90 Å². The molecule has 0 spiro atoms. The topological polar surface area (TPSA) is 60.8 Å². The van der Waals surface area contributed by atoms with E-state index in [1.807, 2.05) is 0 Å². The Morgan fingerprint density at radius 1 is 1.18 bits per heavy atom. The largest absolute Gasteiger partial charge is 0.481 e. The van der Waals surface area contributed by atoms with Gasteiger partial charge in [-0.25, -0.2) is 0 Å². The predicted molar refractivity (Wildman–Crippen MR) is 69.0 cm³/mol. The quantitative estimate of drug-likeness (QED) is 0.652. The van der Waals surface area contributed by atoms with Gasteiger partial charge in [0.2, 0.25) is 0 Å². The number of carboxylic acids is 1. The molecule has 0 rings (SSSR count). The number of carboxylic acid groups (broad SMARTS) is 1. The van der Waals surface area contributed by atoms with Crippen LogP contribution in [0, 0.1) is 5.92 Å². The molecule has 0 radical (unpaired) electrons. The van der Waals surface area contributed by atoms with Crippen molar-refractivity contribution in [2.24, 2.45) is 5.92 Å². The van der Waals surface area contributed by atoms with E-state index in [2.05, 4.69) is 32.6 Å². The summed E-state index contributed by atoms with van der Waals surface area (Å²) in [4.78, 5) is 12.8. The third-order valence-electron chi connectivity index (χ3n) is 2.91. The Balaban J connectivity index is 4.40. The van der Waals surface area contributed by atoms with Crippen molar-refractivity contribution in [2.45, 2.75) is 59.1 Å². The van der Waals surface area contributed by atoms with Crippen LogP contribution in [0.15, 0.2) is 0 Å². The van der Waals surface area contributed by atoms with Gasteiger partial charge in [0.1, 0.15) is 0 Å². The van der Waals surface area contributed by atoms with Crippen LogP contribution >= 0.6 is 0 Å². The van der Waals surface area contributed by atoms with Gasteiger partial charge in [0.15, 0.2) is 0 Å². The zero-order valence-electron chi connectivity index (χ0n) is 11.5. The minimum atomic E-state index is -0.938. The first-order chi connectivity index (χ1) is 7.90. The van der Waals surface area contributed by atoms with E-state index in [0.29, 0.717) is 18.5 Å². The molecule has 4 nitrogen and oxygen atoms in total. The molecule has 0 aliphatic carbocycles. The van der Waals surface area contributed by atoms with Gasteiger partial charge in [-0.15, -0.1) is 0 Å². The molecule has 0 heterocycles. The Hall–Kier alpha value is -0.610. The maximum atomic E-state index is 10.5. The SMILES string of the molecule is CCC(CC)N(CC(C)C)CC(O)CC(=O)O. The van der Waals surface area contributed by atoms with Crippen LogP contribution in [-0.4, -0.2) is 46.3 Å². The van der Waals surface area contributed by atoms with Crippen molar-refractivity contribution in [1.82, 2.24) is 4.90 Å². The molecule has 0 aliphatic rings. The van der Waals surface area contributed by atoms with Gasteiger partial charge in [-0.05, 0) is 18.8 Å². The number of carbonyl (C=O) groups is 1. The maximum absolute atomic E-state index is 10.5. The first-order valence-corrected chi connectivity index (χ1v) is 6.54. The zero-order chi connectivity index (χ0) is 13.4. The summed E-state index contributed by atoms with van der Waals surface area (Å²) in [6, 6.07) is 0.431. The van der Waals surface area contributed by atoms with Gasteiger partial charge in [0, 0.05) is 19.1 Å². The second kappa shape index (κ2) is 8.48. The Labute approximate surface area is 105 Å². The standard InChI is InChI=1S/C13H27NO3/c1-5-11(6-2)14(8-10(3)4)9-12(15)7-13(16)17/h10-12,15H,5-9H2,1-4H3,(H,16,17). The van der Waals surface area contributed by atoms with Crippen molar-refractivity contribution in [3.05, 3.63) is 0 Å². The lowest BCUT2D eigenvalue weighted by Gasteiger charge is -2.33. The van der Waals surface area contributed by atoms with Gasteiger partial charge in [-0.3, -0.25) is 9.69 Å². The molecule has 0 aromatic rings. The summed E-state index contributed by atoms with van der Waals surface area (Å²) in [5.41, 5.74) is 0. The molecule has 0 aromatic heterocycles. The lowest BCUT2D eigenvalue weighted by molar-refractivity contribution is -0.139. The average molecular weight is 245 g/mol. The summed E-state index contributed by atoms with van der Waals surface area (Å²) in [6.45, 7) is 9.90. The van der Waals surface area contributed by atoms with E-state index < -0.39 is 12.1 Å². The van der Waals surface area contributed by atoms with Gasteiger partial charge in [0.05, 0.1) is 12.5 Å².